The van der Waals surface area contributed by atoms with E-state index >= 15 is 0 Å². The number of hydrogen-bond acceptors (Lipinski definition) is 4. The molecule has 1 atom stereocenters. The normalized spacial score (nSPS) is 12.6. The van der Waals surface area contributed by atoms with Crippen LogP contribution in [0.25, 0.3) is 0 Å². The Bertz CT molecular complexity index is 385. The van der Waals surface area contributed by atoms with Gasteiger partial charge in [-0.15, -0.1) is 0 Å². The number of aromatic nitrogens is 1. The summed E-state index contributed by atoms with van der Waals surface area (Å²) in [5.41, 5.74) is 4.79. The lowest BCUT2D eigenvalue weighted by molar-refractivity contribution is 0.522. The number of furan rings is 1. The van der Waals surface area contributed by atoms with E-state index < -0.39 is 0 Å². The van der Waals surface area contributed by atoms with Crippen LogP contribution >= 0.6 is 0 Å². The van der Waals surface area contributed by atoms with Crippen molar-refractivity contribution in [3.05, 3.63) is 54.2 Å². The Morgan fingerprint density at radius 1 is 1.40 bits per heavy atom. The minimum Gasteiger partial charge on any atom is -0.472 e. The number of nitrogens with two attached hydrogens (primary N) is 1. The highest BCUT2D eigenvalue weighted by Crippen LogP contribution is 2.16. The molecule has 0 aromatic carbocycles. The molecule has 4 heteroatoms. The van der Waals surface area contributed by atoms with Gasteiger partial charge < -0.3 is 4.42 Å². The number of nitrogens with zero attached hydrogens (tertiary/aromatic N) is 1. The van der Waals surface area contributed by atoms with Gasteiger partial charge in [0.25, 0.3) is 0 Å². The summed E-state index contributed by atoms with van der Waals surface area (Å²) >= 11 is 0. The molecule has 78 valence electrons. The third-order valence-corrected chi connectivity index (χ3v) is 2.29. The summed E-state index contributed by atoms with van der Waals surface area (Å²) in [6.45, 7) is 0. The lowest BCUT2D eigenvalue weighted by Gasteiger charge is -2.12. The van der Waals surface area contributed by atoms with Crippen molar-refractivity contribution in [2.75, 3.05) is 0 Å². The molecule has 0 amide bonds. The quantitative estimate of drug-likeness (QED) is 0.582. The maximum absolute atomic E-state index is 5.49. The Morgan fingerprint density at radius 3 is 2.93 bits per heavy atom. The summed E-state index contributed by atoms with van der Waals surface area (Å²) in [6.07, 6.45) is 5.85. The fraction of sp³-hybridized carbons (Fsp3) is 0.182. The molecular weight excluding hydrogens is 190 g/mol. The molecule has 0 aliphatic rings. The molecule has 0 saturated carbocycles. The third-order valence-electron chi connectivity index (χ3n) is 2.29. The van der Waals surface area contributed by atoms with Crippen LogP contribution in [0.2, 0.25) is 0 Å². The topological polar surface area (TPSA) is 64.1 Å². The second-order valence-electron chi connectivity index (χ2n) is 3.30. The molecule has 2 rings (SSSR count). The van der Waals surface area contributed by atoms with Crippen LogP contribution in [0.3, 0.4) is 0 Å². The average Bonchev–Trinajstić information content (AvgIpc) is 2.81. The van der Waals surface area contributed by atoms with E-state index in [0.29, 0.717) is 0 Å². The van der Waals surface area contributed by atoms with Crippen LogP contribution in [0.15, 0.2) is 47.4 Å². The van der Waals surface area contributed by atoms with E-state index in [0.717, 1.165) is 17.7 Å². The molecule has 0 saturated heterocycles. The molecule has 0 spiro atoms. The average molecular weight is 203 g/mol. The maximum atomic E-state index is 5.49. The van der Waals surface area contributed by atoms with Crippen molar-refractivity contribution < 1.29 is 4.42 Å². The van der Waals surface area contributed by atoms with Gasteiger partial charge in [0.05, 0.1) is 18.6 Å². The van der Waals surface area contributed by atoms with E-state index in [1.165, 1.54) is 0 Å². The van der Waals surface area contributed by atoms with Crippen molar-refractivity contribution in [2.24, 2.45) is 5.84 Å². The number of rotatable bonds is 4. The van der Waals surface area contributed by atoms with Crippen LogP contribution in [0.5, 0.6) is 0 Å². The minimum absolute atomic E-state index is 0.0404. The van der Waals surface area contributed by atoms with Crippen molar-refractivity contribution in [3.8, 4) is 0 Å². The molecule has 4 nitrogen and oxygen atoms in total. The zero-order chi connectivity index (χ0) is 10.5. The smallest absolute Gasteiger partial charge is 0.0951 e. The molecule has 3 N–H and O–H groups in total. The van der Waals surface area contributed by atoms with Gasteiger partial charge in [-0.25, -0.2) is 0 Å². The summed E-state index contributed by atoms with van der Waals surface area (Å²) in [5.74, 6) is 5.49. The summed E-state index contributed by atoms with van der Waals surface area (Å²) < 4.78 is 5.02. The Labute approximate surface area is 88.1 Å². The Morgan fingerprint density at radius 2 is 2.33 bits per heavy atom. The van der Waals surface area contributed by atoms with Crippen molar-refractivity contribution in [3.63, 3.8) is 0 Å². The fourth-order valence-corrected chi connectivity index (χ4v) is 1.47. The monoisotopic (exact) mass is 203 g/mol. The van der Waals surface area contributed by atoms with Gasteiger partial charge in [-0.1, -0.05) is 6.07 Å². The Kier molecular flexibility index (Phi) is 3.11. The van der Waals surface area contributed by atoms with Gasteiger partial charge in [-0.05, 0) is 18.2 Å². The first-order valence-electron chi connectivity index (χ1n) is 4.78. The molecule has 2 aromatic heterocycles. The molecule has 2 aromatic rings. The largest absolute Gasteiger partial charge is 0.472 e. The van der Waals surface area contributed by atoms with Gasteiger partial charge in [0.1, 0.15) is 0 Å². The van der Waals surface area contributed by atoms with E-state index in [1.807, 2.05) is 24.3 Å². The number of nitrogens with one attached hydrogen (secondary N) is 1. The number of pyridine rings is 1. The van der Waals surface area contributed by atoms with Gasteiger partial charge in [0, 0.05) is 23.9 Å². The predicted octanol–water partition coefficient (Wildman–Crippen LogP) is 1.42. The summed E-state index contributed by atoms with van der Waals surface area (Å²) in [4.78, 5) is 4.25. The SMILES string of the molecule is NNC(Cc1ccccn1)c1ccoc1. The minimum atomic E-state index is 0.0404. The highest BCUT2D eigenvalue weighted by Gasteiger charge is 2.11. The first-order valence-corrected chi connectivity index (χ1v) is 4.78. The lowest BCUT2D eigenvalue weighted by atomic mass is 10.1. The van der Waals surface area contributed by atoms with Crippen molar-refractivity contribution >= 4 is 0 Å². The zero-order valence-corrected chi connectivity index (χ0v) is 8.26. The first-order chi connectivity index (χ1) is 7.40. The van der Waals surface area contributed by atoms with Gasteiger partial charge in [-0.2, -0.15) is 0 Å². The Hall–Kier alpha value is -1.65. The zero-order valence-electron chi connectivity index (χ0n) is 8.26. The summed E-state index contributed by atoms with van der Waals surface area (Å²) in [5, 5.41) is 0. The maximum Gasteiger partial charge on any atom is 0.0951 e. The van der Waals surface area contributed by atoms with Crippen LogP contribution in [-0.4, -0.2) is 4.98 Å². The molecule has 15 heavy (non-hydrogen) atoms. The van der Waals surface area contributed by atoms with Gasteiger partial charge in [0.15, 0.2) is 0 Å². The van der Waals surface area contributed by atoms with Crippen molar-refractivity contribution in [2.45, 2.75) is 12.5 Å². The number of hydrazine groups is 1. The summed E-state index contributed by atoms with van der Waals surface area (Å²) in [6, 6.07) is 7.77. The molecule has 2 heterocycles. The second-order valence-corrected chi connectivity index (χ2v) is 3.30. The van der Waals surface area contributed by atoms with E-state index in [4.69, 9.17) is 10.3 Å². The molecule has 0 aliphatic carbocycles. The highest BCUT2D eigenvalue weighted by atomic mass is 16.3. The van der Waals surface area contributed by atoms with Crippen LogP contribution < -0.4 is 11.3 Å². The van der Waals surface area contributed by atoms with Crippen LogP contribution in [0, 0.1) is 0 Å². The lowest BCUT2D eigenvalue weighted by Crippen LogP contribution is -2.29. The van der Waals surface area contributed by atoms with Gasteiger partial charge in [0.2, 0.25) is 0 Å². The molecule has 0 bridgehead atoms. The molecule has 1 unspecified atom stereocenters. The van der Waals surface area contributed by atoms with E-state index in [9.17, 15) is 0 Å². The van der Waals surface area contributed by atoms with Crippen molar-refractivity contribution in [1.29, 1.82) is 0 Å². The second kappa shape index (κ2) is 4.72. The van der Waals surface area contributed by atoms with Crippen LogP contribution in [-0.2, 0) is 6.42 Å². The van der Waals surface area contributed by atoms with Gasteiger partial charge >= 0.3 is 0 Å². The van der Waals surface area contributed by atoms with Crippen molar-refractivity contribution in [1.82, 2.24) is 10.4 Å². The van der Waals surface area contributed by atoms with E-state index in [2.05, 4.69) is 10.4 Å². The first kappa shape index (κ1) is 9.89. The molecular formula is C11H13N3O. The standard InChI is InChI=1S/C11H13N3O/c12-14-11(9-4-6-15-8-9)7-10-3-1-2-5-13-10/h1-6,8,11,14H,7,12H2. The number of hydrogen-bond donors (Lipinski definition) is 2. The van der Waals surface area contributed by atoms with E-state index in [1.54, 1.807) is 18.7 Å². The highest BCUT2D eigenvalue weighted by molar-refractivity contribution is 5.15. The van der Waals surface area contributed by atoms with Gasteiger partial charge in [-0.3, -0.25) is 16.3 Å². The molecule has 0 fully saturated rings. The molecule has 0 radical (unpaired) electrons. The van der Waals surface area contributed by atoms with Crippen LogP contribution in [0.4, 0.5) is 0 Å². The third kappa shape index (κ3) is 2.43. The molecule has 0 aliphatic heterocycles. The summed E-state index contributed by atoms with van der Waals surface area (Å²) in [7, 11) is 0. The predicted molar refractivity (Wildman–Crippen MR) is 56.7 cm³/mol. The van der Waals surface area contributed by atoms with E-state index in [-0.39, 0.29) is 6.04 Å². The Balaban J connectivity index is 2.10. The fourth-order valence-electron chi connectivity index (χ4n) is 1.47. The van der Waals surface area contributed by atoms with Crippen LogP contribution in [0.1, 0.15) is 17.3 Å².